The molecule has 0 radical (unpaired) electrons. The van der Waals surface area contributed by atoms with E-state index in [4.69, 9.17) is 9.52 Å². The number of hydrazone groups is 1. The van der Waals surface area contributed by atoms with Crippen LogP contribution in [0.3, 0.4) is 0 Å². The maximum atomic E-state index is 12.8. The predicted molar refractivity (Wildman–Crippen MR) is 96.9 cm³/mol. The van der Waals surface area contributed by atoms with E-state index in [0.29, 0.717) is 17.1 Å². The monoisotopic (exact) mass is 366 g/mol. The number of carbonyl (C=O) groups is 2. The quantitative estimate of drug-likeness (QED) is 0.516. The number of nitrogens with one attached hydrogen (secondary N) is 1. The molecule has 2 aromatic carbocycles. The van der Waals surface area contributed by atoms with Crippen LogP contribution < -0.4 is 5.43 Å². The fourth-order valence-electron chi connectivity index (χ4n) is 2.35. The molecule has 1 aromatic heterocycles. The van der Waals surface area contributed by atoms with Gasteiger partial charge in [-0.05, 0) is 42.0 Å². The highest BCUT2D eigenvalue weighted by molar-refractivity contribution is 5.88. The van der Waals surface area contributed by atoms with Crippen molar-refractivity contribution in [3.05, 3.63) is 83.4 Å². The number of benzene rings is 2. The van der Waals surface area contributed by atoms with Gasteiger partial charge in [-0.25, -0.2) is 14.6 Å². The third-order valence-corrected chi connectivity index (χ3v) is 3.70. The Morgan fingerprint density at radius 2 is 1.74 bits per heavy atom. The van der Waals surface area contributed by atoms with Crippen LogP contribution >= 0.6 is 0 Å². The van der Waals surface area contributed by atoms with Gasteiger partial charge in [-0.1, -0.05) is 24.3 Å². The van der Waals surface area contributed by atoms with Gasteiger partial charge in [0.05, 0.1) is 18.2 Å². The average molecular weight is 366 g/mol. The van der Waals surface area contributed by atoms with Crippen LogP contribution in [0.15, 0.2) is 70.2 Å². The van der Waals surface area contributed by atoms with Crippen LogP contribution in [0.2, 0.25) is 0 Å². The van der Waals surface area contributed by atoms with E-state index in [2.05, 4.69) is 10.5 Å². The lowest BCUT2D eigenvalue weighted by Gasteiger charge is -2.00. The minimum absolute atomic E-state index is 0.0803. The molecular formula is C20H15FN2O4. The smallest absolute Gasteiger partial charge is 0.335 e. The first kappa shape index (κ1) is 18.1. The molecule has 0 spiro atoms. The Morgan fingerprint density at radius 1 is 1.04 bits per heavy atom. The van der Waals surface area contributed by atoms with Gasteiger partial charge in [-0.15, -0.1) is 0 Å². The fraction of sp³-hybridized carbons (Fsp3) is 0.0500. The molecule has 7 heteroatoms. The molecule has 3 aromatic rings. The maximum Gasteiger partial charge on any atom is 0.335 e. The van der Waals surface area contributed by atoms with Crippen LogP contribution in [-0.4, -0.2) is 23.2 Å². The molecule has 0 aliphatic rings. The SMILES string of the molecule is O=C(Cc1ccc(F)cc1)NN=Cc1ccc(-c2ccc(C(=O)O)cc2)o1. The summed E-state index contributed by atoms with van der Waals surface area (Å²) < 4.78 is 18.4. The highest BCUT2D eigenvalue weighted by atomic mass is 19.1. The third-order valence-electron chi connectivity index (χ3n) is 3.70. The number of carboxylic acid groups (broad SMARTS) is 1. The van der Waals surface area contributed by atoms with Crippen molar-refractivity contribution in [3.63, 3.8) is 0 Å². The molecule has 0 bridgehead atoms. The molecule has 0 fully saturated rings. The van der Waals surface area contributed by atoms with E-state index in [1.54, 1.807) is 24.3 Å². The van der Waals surface area contributed by atoms with Crippen LogP contribution in [-0.2, 0) is 11.2 Å². The van der Waals surface area contributed by atoms with Crippen molar-refractivity contribution in [3.8, 4) is 11.3 Å². The van der Waals surface area contributed by atoms with Gasteiger partial charge in [0.15, 0.2) is 0 Å². The van der Waals surface area contributed by atoms with Gasteiger partial charge in [0, 0.05) is 5.56 Å². The number of hydrogen-bond acceptors (Lipinski definition) is 4. The summed E-state index contributed by atoms with van der Waals surface area (Å²) in [5, 5.41) is 12.7. The number of carboxylic acids is 1. The molecule has 0 saturated carbocycles. The van der Waals surface area contributed by atoms with E-state index in [9.17, 15) is 14.0 Å². The lowest BCUT2D eigenvalue weighted by Crippen LogP contribution is -2.19. The zero-order valence-electron chi connectivity index (χ0n) is 14.1. The van der Waals surface area contributed by atoms with Crippen molar-refractivity contribution in [1.82, 2.24) is 5.43 Å². The van der Waals surface area contributed by atoms with Gasteiger partial charge < -0.3 is 9.52 Å². The van der Waals surface area contributed by atoms with Gasteiger partial charge in [0.25, 0.3) is 0 Å². The van der Waals surface area contributed by atoms with E-state index in [0.717, 1.165) is 5.56 Å². The first-order chi connectivity index (χ1) is 13.0. The van der Waals surface area contributed by atoms with Crippen molar-refractivity contribution in [2.24, 2.45) is 5.10 Å². The van der Waals surface area contributed by atoms with E-state index in [1.807, 2.05) is 0 Å². The van der Waals surface area contributed by atoms with Crippen LogP contribution in [0.1, 0.15) is 21.7 Å². The standard InChI is InChI=1S/C20H15FN2O4/c21-16-7-1-13(2-8-16)11-19(24)23-22-12-17-9-10-18(27-17)14-3-5-15(6-4-14)20(25)26/h1-10,12H,11H2,(H,23,24)(H,25,26). The molecule has 0 aliphatic heterocycles. The zero-order chi connectivity index (χ0) is 19.2. The number of rotatable bonds is 6. The largest absolute Gasteiger partial charge is 0.478 e. The molecular weight excluding hydrogens is 351 g/mol. The van der Waals surface area contributed by atoms with E-state index in [-0.39, 0.29) is 23.7 Å². The molecule has 3 rings (SSSR count). The topological polar surface area (TPSA) is 91.9 Å². The number of nitrogens with zero attached hydrogens (tertiary/aromatic N) is 1. The van der Waals surface area contributed by atoms with Crippen molar-refractivity contribution in [1.29, 1.82) is 0 Å². The highest BCUT2D eigenvalue weighted by Crippen LogP contribution is 2.22. The molecule has 0 atom stereocenters. The molecule has 6 nitrogen and oxygen atoms in total. The van der Waals surface area contributed by atoms with E-state index in [1.165, 1.54) is 42.6 Å². The predicted octanol–water partition coefficient (Wildman–Crippen LogP) is 3.48. The summed E-state index contributed by atoms with van der Waals surface area (Å²) in [5.41, 5.74) is 3.96. The van der Waals surface area contributed by atoms with Gasteiger partial charge in [-0.2, -0.15) is 5.10 Å². The van der Waals surface area contributed by atoms with Gasteiger partial charge >= 0.3 is 5.97 Å². The Bertz CT molecular complexity index is 976. The van der Waals surface area contributed by atoms with Crippen LogP contribution in [0.4, 0.5) is 4.39 Å². The van der Waals surface area contributed by atoms with Gasteiger partial charge in [0.2, 0.25) is 5.91 Å². The van der Waals surface area contributed by atoms with Gasteiger partial charge in [0.1, 0.15) is 17.3 Å². The van der Waals surface area contributed by atoms with Crippen molar-refractivity contribution in [2.75, 3.05) is 0 Å². The number of carbonyl (C=O) groups excluding carboxylic acids is 1. The summed E-state index contributed by atoms with van der Waals surface area (Å²) >= 11 is 0. The summed E-state index contributed by atoms with van der Waals surface area (Å²) in [5.74, 6) is -0.720. The highest BCUT2D eigenvalue weighted by Gasteiger charge is 2.07. The zero-order valence-corrected chi connectivity index (χ0v) is 14.1. The van der Waals surface area contributed by atoms with E-state index >= 15 is 0 Å². The Morgan fingerprint density at radius 3 is 2.41 bits per heavy atom. The van der Waals surface area contributed by atoms with Crippen molar-refractivity contribution < 1.29 is 23.5 Å². The first-order valence-corrected chi connectivity index (χ1v) is 8.01. The van der Waals surface area contributed by atoms with E-state index < -0.39 is 5.97 Å². The Kier molecular flexibility index (Phi) is 5.41. The molecule has 1 amide bonds. The normalized spacial score (nSPS) is 10.9. The van der Waals surface area contributed by atoms with Crippen LogP contribution in [0, 0.1) is 5.82 Å². The Hall–Kier alpha value is -3.74. The Balaban J connectivity index is 1.57. The molecule has 0 aliphatic carbocycles. The average Bonchev–Trinajstić information content (AvgIpc) is 3.12. The number of hydrogen-bond donors (Lipinski definition) is 2. The lowest BCUT2D eigenvalue weighted by atomic mass is 10.1. The van der Waals surface area contributed by atoms with Crippen molar-refractivity contribution >= 4 is 18.1 Å². The number of amides is 1. The number of halogens is 1. The molecule has 2 N–H and O–H groups in total. The maximum absolute atomic E-state index is 12.8. The second-order valence-corrected chi connectivity index (χ2v) is 5.68. The lowest BCUT2D eigenvalue weighted by molar-refractivity contribution is -0.120. The molecule has 0 saturated heterocycles. The number of aromatic carboxylic acids is 1. The molecule has 1 heterocycles. The van der Waals surface area contributed by atoms with Gasteiger partial charge in [-0.3, -0.25) is 4.79 Å². The number of furan rings is 1. The Labute approximate surface area is 153 Å². The minimum atomic E-state index is -0.995. The molecule has 0 unspecified atom stereocenters. The summed E-state index contributed by atoms with van der Waals surface area (Å²) in [4.78, 5) is 22.7. The molecule has 136 valence electrons. The summed E-state index contributed by atoms with van der Waals surface area (Å²) in [6.07, 6.45) is 1.44. The van der Waals surface area contributed by atoms with Crippen LogP contribution in [0.25, 0.3) is 11.3 Å². The summed E-state index contributed by atoms with van der Waals surface area (Å²) in [7, 11) is 0. The van der Waals surface area contributed by atoms with Crippen LogP contribution in [0.5, 0.6) is 0 Å². The summed E-state index contributed by atoms with van der Waals surface area (Å²) in [6.45, 7) is 0. The second kappa shape index (κ2) is 8.09. The first-order valence-electron chi connectivity index (χ1n) is 8.01. The third kappa shape index (κ3) is 4.88. The molecule has 27 heavy (non-hydrogen) atoms. The fourth-order valence-corrected chi connectivity index (χ4v) is 2.35. The second-order valence-electron chi connectivity index (χ2n) is 5.68. The minimum Gasteiger partial charge on any atom is -0.478 e. The van der Waals surface area contributed by atoms with Crippen molar-refractivity contribution in [2.45, 2.75) is 6.42 Å². The summed E-state index contributed by atoms with van der Waals surface area (Å²) in [6, 6.07) is 15.3.